The van der Waals surface area contributed by atoms with E-state index < -0.39 is 88.1 Å². The van der Waals surface area contributed by atoms with Gasteiger partial charge in [-0.1, -0.05) is 97.0 Å². The molecular formula is C70H74O19S4. The Balaban J connectivity index is 0.984. The minimum atomic E-state index is -5.07. The Morgan fingerprint density at radius 3 is 1.01 bits per heavy atom. The van der Waals surface area contributed by atoms with Crippen LogP contribution in [-0.4, -0.2) is 74.7 Å². The summed E-state index contributed by atoms with van der Waals surface area (Å²) in [6.45, 7) is 19.0. The van der Waals surface area contributed by atoms with Gasteiger partial charge in [-0.25, -0.2) is 0 Å². The van der Waals surface area contributed by atoms with Crippen LogP contribution in [0.15, 0.2) is 189 Å². The molecule has 93 heavy (non-hydrogen) atoms. The van der Waals surface area contributed by atoms with Crippen LogP contribution in [0.3, 0.4) is 0 Å². The van der Waals surface area contributed by atoms with E-state index in [0.29, 0.717) is 59.0 Å². The molecule has 0 saturated heterocycles. The maximum Gasteiger partial charge on any atom is 0.298 e. The molecule has 0 saturated carbocycles. The molecule has 0 spiro atoms. The minimum Gasteiger partial charge on any atom is -0.488 e. The summed E-state index contributed by atoms with van der Waals surface area (Å²) in [6, 6.07) is 41.2. The van der Waals surface area contributed by atoms with Gasteiger partial charge in [0.15, 0.2) is 11.6 Å². The molecule has 23 heteroatoms. The van der Waals surface area contributed by atoms with Crippen LogP contribution in [-0.2, 0) is 51.3 Å². The van der Waals surface area contributed by atoms with Crippen LogP contribution >= 0.6 is 0 Å². The number of hydrogen-bond acceptors (Lipinski definition) is 15. The molecule has 19 nitrogen and oxygen atoms in total. The molecule has 0 aliphatic rings. The van der Waals surface area contributed by atoms with E-state index in [2.05, 4.69) is 0 Å². The lowest BCUT2D eigenvalue weighted by molar-refractivity contribution is -0.00963. The minimum absolute atomic E-state index is 0.153. The molecule has 0 bridgehead atoms. The lowest BCUT2D eigenvalue weighted by Gasteiger charge is -2.48. The van der Waals surface area contributed by atoms with Crippen LogP contribution in [0.1, 0.15) is 151 Å². The van der Waals surface area contributed by atoms with E-state index in [1.807, 2.05) is 69.2 Å². The maximum absolute atomic E-state index is 14.2. The van der Waals surface area contributed by atoms with Gasteiger partial charge in [-0.05, 0) is 208 Å². The Labute approximate surface area is 543 Å². The first kappa shape index (κ1) is 70.6. The van der Waals surface area contributed by atoms with Crippen molar-refractivity contribution in [2.45, 2.75) is 149 Å². The van der Waals surface area contributed by atoms with E-state index in [0.717, 1.165) is 30.7 Å². The zero-order valence-corrected chi connectivity index (χ0v) is 56.2. The van der Waals surface area contributed by atoms with Gasteiger partial charge in [0.05, 0.1) is 9.79 Å². The number of benzene rings is 8. The molecular weight excluding hydrogens is 1270 g/mol. The lowest BCUT2D eigenvalue weighted by Crippen LogP contribution is -2.53. The Kier molecular flexibility index (Phi) is 20.8. The Hall–Kier alpha value is -8.26. The highest BCUT2D eigenvalue weighted by molar-refractivity contribution is 7.86. The van der Waals surface area contributed by atoms with Gasteiger partial charge in [0.1, 0.15) is 67.0 Å². The first-order valence-corrected chi connectivity index (χ1v) is 35.7. The first-order chi connectivity index (χ1) is 43.5. The molecule has 0 aliphatic carbocycles. The predicted molar refractivity (Wildman–Crippen MR) is 351 cm³/mol. The fraction of sp³-hybridized carbons (Fsp3) is 0.286. The summed E-state index contributed by atoms with van der Waals surface area (Å²) in [7, 11) is -19.9. The van der Waals surface area contributed by atoms with E-state index in [4.69, 9.17) is 23.7 Å². The summed E-state index contributed by atoms with van der Waals surface area (Å²) in [5.41, 5.74) is -2.29. The van der Waals surface area contributed by atoms with Gasteiger partial charge in [0.2, 0.25) is 0 Å². The summed E-state index contributed by atoms with van der Waals surface area (Å²) < 4.78 is 176. The normalized spacial score (nSPS) is 13.2. The van der Waals surface area contributed by atoms with Gasteiger partial charge in [-0.2, -0.15) is 33.7 Å². The quantitative estimate of drug-likeness (QED) is 0.0262. The van der Waals surface area contributed by atoms with Crippen LogP contribution in [0, 0.1) is 0 Å². The van der Waals surface area contributed by atoms with E-state index in [1.54, 1.807) is 84.9 Å². The third-order valence-corrected chi connectivity index (χ3v) is 21.1. The standard InChI is InChI=1S/C70H74O19S4/c1-11-67(7,8)88-55-35-33-52(34-36-55)85-51-29-31-54(32-30-51)87-60-40-24-50(44-64(60)93(82,83)84)66(72)48-22-38-58(62(42-48)91(76,77)78)70(15-5,16-6)69(10,14-4)89-56-27-19-46(20-28-56)45-17-25-53(26-18-45)86-59-39-23-49(43-63(59)92(79,80)81)65(71)47-21-37-57(68(9,12-2)13-3)61(41-47)90(73,74)75/h17-44H,11-16H2,1-10H3,(H,73,74,75)(H,76,77,78)(H,79,80,81)(H,82,83,84). The summed E-state index contributed by atoms with van der Waals surface area (Å²) in [5.74, 6) is 0.0877. The summed E-state index contributed by atoms with van der Waals surface area (Å²) in [4.78, 5) is 25.5. The fourth-order valence-corrected chi connectivity index (χ4v) is 14.2. The topological polar surface area (TPSA) is 298 Å². The van der Waals surface area contributed by atoms with E-state index in [-0.39, 0.29) is 69.3 Å². The molecule has 0 aromatic heterocycles. The molecule has 8 aromatic rings. The highest BCUT2D eigenvalue weighted by atomic mass is 32.2. The van der Waals surface area contributed by atoms with Crippen LogP contribution < -0.4 is 23.7 Å². The third-order valence-electron chi connectivity index (χ3n) is 17.6. The second-order valence-electron chi connectivity index (χ2n) is 23.6. The largest absolute Gasteiger partial charge is 0.488 e. The SMILES string of the molecule is CCC(C)(C)Oc1ccc(Oc2ccc(Oc3ccc(C(=O)c4ccc(C(CC)(CC)C(C)(CC)Oc5ccc(-c6ccc(Oc7ccc(C(=O)c8ccc(C(C)(CC)CC)c(S(=O)(=O)O)c8)cc7S(=O)(=O)O)cc6)cc5)c(S(=O)(=O)O)c4)cc3S(=O)(=O)O)cc2)cc1. The molecule has 0 fully saturated rings. The van der Waals surface area contributed by atoms with Crippen molar-refractivity contribution in [2.24, 2.45) is 0 Å². The second-order valence-corrected chi connectivity index (χ2v) is 29.1. The molecule has 0 amide bonds. The van der Waals surface area contributed by atoms with Crippen LogP contribution in [0.2, 0.25) is 0 Å². The summed E-state index contributed by atoms with van der Waals surface area (Å²) in [6.07, 6.45) is 2.76. The average Bonchev–Trinajstić information content (AvgIpc) is 0.744. The molecule has 1 atom stereocenters. The van der Waals surface area contributed by atoms with Crippen LogP contribution in [0.25, 0.3) is 11.1 Å². The molecule has 8 aromatic carbocycles. The summed E-state index contributed by atoms with van der Waals surface area (Å²) in [5, 5.41) is 0. The first-order valence-electron chi connectivity index (χ1n) is 29.9. The van der Waals surface area contributed by atoms with Gasteiger partial charge in [-0.3, -0.25) is 27.8 Å². The number of rotatable bonds is 28. The van der Waals surface area contributed by atoms with E-state index >= 15 is 0 Å². The van der Waals surface area contributed by atoms with Gasteiger partial charge >= 0.3 is 0 Å². The van der Waals surface area contributed by atoms with Gasteiger partial charge in [0.25, 0.3) is 40.5 Å². The number of carbonyl (C=O) groups is 2. The van der Waals surface area contributed by atoms with Crippen molar-refractivity contribution < 1.29 is 85.2 Å². The fourth-order valence-electron chi connectivity index (χ4n) is 11.3. The second kappa shape index (κ2) is 27.4. The van der Waals surface area contributed by atoms with Crippen molar-refractivity contribution in [3.05, 3.63) is 203 Å². The van der Waals surface area contributed by atoms with Crippen molar-refractivity contribution >= 4 is 52.0 Å². The summed E-state index contributed by atoms with van der Waals surface area (Å²) >= 11 is 0. The highest BCUT2D eigenvalue weighted by Crippen LogP contribution is 2.49. The molecule has 0 aliphatic heterocycles. The maximum atomic E-state index is 14.2. The number of ether oxygens (including phenoxy) is 5. The van der Waals surface area contributed by atoms with Crippen molar-refractivity contribution in [3.8, 4) is 57.1 Å². The van der Waals surface area contributed by atoms with E-state index in [9.17, 15) is 61.5 Å². The van der Waals surface area contributed by atoms with Crippen molar-refractivity contribution in [1.29, 1.82) is 0 Å². The molecule has 0 radical (unpaired) electrons. The van der Waals surface area contributed by atoms with Gasteiger partial charge < -0.3 is 23.7 Å². The van der Waals surface area contributed by atoms with Crippen molar-refractivity contribution in [2.75, 3.05) is 0 Å². The molecule has 492 valence electrons. The van der Waals surface area contributed by atoms with Crippen LogP contribution in [0.5, 0.6) is 46.0 Å². The molecule has 4 N–H and O–H groups in total. The molecule has 8 rings (SSSR count). The number of ketones is 2. The predicted octanol–water partition coefficient (Wildman–Crippen LogP) is 16.1. The average molecular weight is 1350 g/mol. The third kappa shape index (κ3) is 15.7. The highest BCUT2D eigenvalue weighted by Gasteiger charge is 2.50. The Morgan fingerprint density at radius 2 is 0.656 bits per heavy atom. The van der Waals surface area contributed by atoms with Crippen molar-refractivity contribution in [3.63, 3.8) is 0 Å². The zero-order chi connectivity index (χ0) is 68.3. The van der Waals surface area contributed by atoms with Gasteiger partial charge in [0, 0.05) is 27.7 Å². The Bertz CT molecular complexity index is 4560. The smallest absolute Gasteiger partial charge is 0.298 e. The van der Waals surface area contributed by atoms with Crippen LogP contribution in [0.4, 0.5) is 0 Å². The number of hydrogen-bond donors (Lipinski definition) is 4. The lowest BCUT2D eigenvalue weighted by atomic mass is 9.63. The monoisotopic (exact) mass is 1350 g/mol. The molecule has 0 heterocycles. The zero-order valence-electron chi connectivity index (χ0n) is 53.0. The van der Waals surface area contributed by atoms with Crippen molar-refractivity contribution in [1.82, 2.24) is 0 Å². The Morgan fingerprint density at radius 1 is 0.344 bits per heavy atom. The van der Waals surface area contributed by atoms with E-state index in [1.165, 1.54) is 60.7 Å². The van der Waals surface area contributed by atoms with Gasteiger partial charge in [-0.15, -0.1) is 0 Å². The number of carbonyl (C=O) groups excluding carboxylic acids is 2. The molecule has 1 unspecified atom stereocenters.